The maximum Gasteiger partial charge on any atom is 0.239 e. The average Bonchev–Trinajstić information content (AvgIpc) is 2.50. The van der Waals surface area contributed by atoms with Crippen LogP contribution in [-0.4, -0.2) is 19.3 Å². The van der Waals surface area contributed by atoms with E-state index in [9.17, 15) is 22.0 Å². The monoisotopic (exact) mass is 340 g/mol. The minimum absolute atomic E-state index is 0.0787. The summed E-state index contributed by atoms with van der Waals surface area (Å²) in [5.74, 6) is -3.63. The third kappa shape index (κ3) is 5.10. The zero-order valence-corrected chi connectivity index (χ0v) is 12.8. The summed E-state index contributed by atoms with van der Waals surface area (Å²) in [6.07, 6.45) is 3.38. The van der Waals surface area contributed by atoms with E-state index in [0.717, 1.165) is 23.8 Å². The molecule has 0 unspecified atom stereocenters. The molecule has 1 aromatic carbocycles. The van der Waals surface area contributed by atoms with Crippen LogP contribution in [0, 0.1) is 11.6 Å². The van der Waals surface area contributed by atoms with Gasteiger partial charge >= 0.3 is 0 Å². The highest BCUT2D eigenvalue weighted by atomic mass is 32.2. The van der Waals surface area contributed by atoms with Crippen molar-refractivity contribution in [2.24, 2.45) is 0 Å². The number of sulfonamides is 1. The summed E-state index contributed by atoms with van der Waals surface area (Å²) in [5.41, 5.74) is 0.181. The largest absolute Gasteiger partial charge is 0.274 e. The van der Waals surface area contributed by atoms with Gasteiger partial charge in [0, 0.05) is 24.4 Å². The van der Waals surface area contributed by atoms with Crippen molar-refractivity contribution in [2.75, 3.05) is 0 Å². The summed E-state index contributed by atoms with van der Waals surface area (Å²) in [6, 6.07) is 6.50. The predicted molar refractivity (Wildman–Crippen MR) is 79.7 cm³/mol. The van der Waals surface area contributed by atoms with Gasteiger partial charge in [-0.1, -0.05) is 12.1 Å². The van der Waals surface area contributed by atoms with E-state index < -0.39 is 38.9 Å². The number of nitrogens with zero attached hydrogens (tertiary/aromatic N) is 1. The van der Waals surface area contributed by atoms with Gasteiger partial charge in [-0.3, -0.25) is 14.5 Å². The van der Waals surface area contributed by atoms with Gasteiger partial charge in [-0.05, 0) is 30.2 Å². The normalized spacial score (nSPS) is 11.2. The lowest BCUT2D eigenvalue weighted by molar-refractivity contribution is -0.119. The van der Waals surface area contributed by atoms with Crippen molar-refractivity contribution in [3.63, 3.8) is 0 Å². The van der Waals surface area contributed by atoms with Crippen molar-refractivity contribution in [1.29, 1.82) is 0 Å². The molecule has 5 nitrogen and oxygen atoms in total. The molecular weight excluding hydrogens is 326 g/mol. The number of amides is 1. The molecule has 0 radical (unpaired) electrons. The highest BCUT2D eigenvalue weighted by Crippen LogP contribution is 2.15. The van der Waals surface area contributed by atoms with Crippen LogP contribution in [0.15, 0.2) is 42.7 Å². The molecule has 2 rings (SSSR count). The van der Waals surface area contributed by atoms with E-state index >= 15 is 0 Å². The Balaban J connectivity index is 1.97. The lowest BCUT2D eigenvalue weighted by atomic mass is 10.1. The number of pyridine rings is 1. The van der Waals surface area contributed by atoms with Crippen molar-refractivity contribution in [1.82, 2.24) is 9.71 Å². The fourth-order valence-corrected chi connectivity index (χ4v) is 3.10. The molecule has 8 heteroatoms. The summed E-state index contributed by atoms with van der Waals surface area (Å²) in [4.78, 5) is 15.6. The summed E-state index contributed by atoms with van der Waals surface area (Å²) >= 11 is 0. The predicted octanol–water partition coefficient (Wildman–Crippen LogP) is 1.94. The Morgan fingerprint density at radius 2 is 1.83 bits per heavy atom. The van der Waals surface area contributed by atoms with Crippen LogP contribution in [0.4, 0.5) is 8.78 Å². The summed E-state index contributed by atoms with van der Waals surface area (Å²) < 4.78 is 52.4. The zero-order chi connectivity index (χ0) is 16.9. The maximum atomic E-state index is 13.5. The molecule has 0 atom stereocenters. The number of carbonyl (C=O) groups excluding carboxylic acids is 1. The standard InChI is InChI=1S/C15H14F2N2O3S/c16-13-4-1-5-14(17)12(13)10-23(21,22)19-15(20)7-6-11-3-2-8-18-9-11/h1-5,8-9H,6-7,10H2,(H,19,20). The van der Waals surface area contributed by atoms with Crippen LogP contribution in [0.25, 0.3) is 0 Å². The molecule has 0 aliphatic rings. The van der Waals surface area contributed by atoms with Crippen LogP contribution in [0.2, 0.25) is 0 Å². The number of hydrogen-bond donors (Lipinski definition) is 1. The Kier molecular flexibility index (Phi) is 5.38. The number of hydrogen-bond acceptors (Lipinski definition) is 4. The van der Waals surface area contributed by atoms with Gasteiger partial charge in [0.15, 0.2) is 0 Å². The first-order valence-electron chi connectivity index (χ1n) is 6.72. The lowest BCUT2D eigenvalue weighted by Gasteiger charge is -2.08. The molecule has 0 aliphatic heterocycles. The highest BCUT2D eigenvalue weighted by Gasteiger charge is 2.20. The van der Waals surface area contributed by atoms with Gasteiger partial charge in [0.25, 0.3) is 0 Å². The molecule has 1 N–H and O–H groups in total. The van der Waals surface area contributed by atoms with E-state index in [1.165, 1.54) is 0 Å². The van der Waals surface area contributed by atoms with Crippen LogP contribution >= 0.6 is 0 Å². The highest BCUT2D eigenvalue weighted by molar-refractivity contribution is 7.89. The van der Waals surface area contributed by atoms with Crippen LogP contribution in [0.3, 0.4) is 0 Å². The van der Waals surface area contributed by atoms with Crippen molar-refractivity contribution in [2.45, 2.75) is 18.6 Å². The number of rotatable bonds is 6. The van der Waals surface area contributed by atoms with Crippen LogP contribution in [-0.2, 0) is 27.0 Å². The van der Waals surface area contributed by atoms with Crippen molar-refractivity contribution in [3.05, 3.63) is 65.5 Å². The second kappa shape index (κ2) is 7.28. The summed E-state index contributed by atoms with van der Waals surface area (Å²) in [7, 11) is -4.18. The second-order valence-electron chi connectivity index (χ2n) is 4.85. The van der Waals surface area contributed by atoms with Gasteiger partial charge in [-0.2, -0.15) is 0 Å². The smallest absolute Gasteiger partial charge is 0.239 e. The minimum Gasteiger partial charge on any atom is -0.274 e. The number of carbonyl (C=O) groups is 1. The molecule has 23 heavy (non-hydrogen) atoms. The fourth-order valence-electron chi connectivity index (χ4n) is 1.92. The molecule has 0 fully saturated rings. The summed E-state index contributed by atoms with van der Waals surface area (Å²) in [5, 5.41) is 0. The van der Waals surface area contributed by atoms with E-state index in [4.69, 9.17) is 0 Å². The Morgan fingerprint density at radius 3 is 2.43 bits per heavy atom. The topological polar surface area (TPSA) is 76.1 Å². The van der Waals surface area contributed by atoms with Gasteiger partial charge in [0.05, 0.1) is 0 Å². The number of halogens is 2. The minimum atomic E-state index is -4.18. The third-order valence-corrected chi connectivity index (χ3v) is 4.24. The van der Waals surface area contributed by atoms with E-state index in [1.54, 1.807) is 24.5 Å². The first-order chi connectivity index (χ1) is 10.9. The van der Waals surface area contributed by atoms with Gasteiger partial charge in [-0.15, -0.1) is 0 Å². The van der Waals surface area contributed by atoms with Crippen LogP contribution in [0.1, 0.15) is 17.5 Å². The molecule has 1 heterocycles. The van der Waals surface area contributed by atoms with Gasteiger partial charge in [-0.25, -0.2) is 17.2 Å². The first kappa shape index (κ1) is 17.0. The Labute approximate surface area is 132 Å². The molecule has 2 aromatic rings. The Hall–Kier alpha value is -2.35. The second-order valence-corrected chi connectivity index (χ2v) is 6.57. The molecule has 0 spiro atoms. The molecule has 1 aromatic heterocycles. The number of benzene rings is 1. The lowest BCUT2D eigenvalue weighted by Crippen LogP contribution is -2.32. The average molecular weight is 340 g/mol. The van der Waals surface area contributed by atoms with E-state index in [2.05, 4.69) is 4.98 Å². The molecule has 0 bridgehead atoms. The molecule has 122 valence electrons. The van der Waals surface area contributed by atoms with Gasteiger partial charge < -0.3 is 0 Å². The SMILES string of the molecule is O=C(CCc1cccnc1)NS(=O)(=O)Cc1c(F)cccc1F. The Bertz CT molecular complexity index is 775. The molecular formula is C15H14F2N2O3S. The first-order valence-corrected chi connectivity index (χ1v) is 8.38. The van der Waals surface area contributed by atoms with Crippen molar-refractivity contribution in [3.8, 4) is 0 Å². The zero-order valence-electron chi connectivity index (χ0n) is 12.0. The van der Waals surface area contributed by atoms with E-state index in [0.29, 0.717) is 6.42 Å². The molecule has 0 saturated heterocycles. The van der Waals surface area contributed by atoms with Crippen molar-refractivity contribution < 1.29 is 22.0 Å². The van der Waals surface area contributed by atoms with Gasteiger partial charge in [0.1, 0.15) is 17.4 Å². The fraction of sp³-hybridized carbons (Fsp3) is 0.200. The van der Waals surface area contributed by atoms with E-state index in [-0.39, 0.29) is 6.42 Å². The maximum absolute atomic E-state index is 13.5. The van der Waals surface area contributed by atoms with Crippen molar-refractivity contribution >= 4 is 15.9 Å². The molecule has 0 saturated carbocycles. The number of aryl methyl sites for hydroxylation is 1. The van der Waals surface area contributed by atoms with Crippen LogP contribution < -0.4 is 4.72 Å². The van der Waals surface area contributed by atoms with E-state index in [1.807, 2.05) is 4.72 Å². The van der Waals surface area contributed by atoms with Gasteiger partial charge in [0.2, 0.25) is 15.9 Å². The summed E-state index contributed by atoms with van der Waals surface area (Å²) in [6.45, 7) is 0. The number of aromatic nitrogens is 1. The molecule has 0 aliphatic carbocycles. The number of nitrogens with one attached hydrogen (secondary N) is 1. The van der Waals surface area contributed by atoms with Crippen LogP contribution in [0.5, 0.6) is 0 Å². The quantitative estimate of drug-likeness (QED) is 0.872. The Morgan fingerprint density at radius 1 is 1.13 bits per heavy atom. The third-order valence-electron chi connectivity index (χ3n) is 3.03. The molecule has 1 amide bonds.